The predicted molar refractivity (Wildman–Crippen MR) is 187 cm³/mol. The van der Waals surface area contributed by atoms with E-state index in [-0.39, 0.29) is 29.8 Å². The van der Waals surface area contributed by atoms with Crippen molar-refractivity contribution < 1.29 is 74.4 Å². The number of alkyl halides is 6. The summed E-state index contributed by atoms with van der Waals surface area (Å²) < 4.78 is 224. The molecule has 0 bridgehead atoms. The minimum Gasteiger partial charge on any atom is -0.422 e. The summed E-state index contributed by atoms with van der Waals surface area (Å²) in [4.78, 5) is 26.4. The van der Waals surface area contributed by atoms with Gasteiger partial charge in [-0.25, -0.2) is 29.6 Å². The van der Waals surface area contributed by atoms with E-state index in [0.29, 0.717) is 17.4 Å². The van der Waals surface area contributed by atoms with Gasteiger partial charge in [0.05, 0.1) is 28.6 Å². The third kappa shape index (κ3) is 10.9. The second-order valence-corrected chi connectivity index (χ2v) is 17.3. The Morgan fingerprint density at radius 2 is 1.32 bits per heavy atom. The highest BCUT2D eigenvalue weighted by Gasteiger charge is 2.67. The smallest absolute Gasteiger partial charge is 0.416 e. The van der Waals surface area contributed by atoms with E-state index in [4.69, 9.17) is 9.68 Å². The van der Waals surface area contributed by atoms with Crippen LogP contribution in [0.4, 0.5) is 65.2 Å². The molecule has 0 atom stereocenters. The Hall–Kier alpha value is -7.10. The largest absolute Gasteiger partial charge is 0.422 e. The van der Waals surface area contributed by atoms with Gasteiger partial charge in [-0.3, -0.25) is 4.79 Å². The third-order valence-corrected chi connectivity index (χ3v) is 10.0. The molecule has 2 aromatic carbocycles. The van der Waals surface area contributed by atoms with Crippen LogP contribution in [0.25, 0.3) is 46.3 Å². The summed E-state index contributed by atoms with van der Waals surface area (Å²) in [6, 6.07) is 0.377. The normalized spacial score (nSPS) is 15.4. The minimum atomic E-state index is -10.8. The van der Waals surface area contributed by atoms with Crippen LogP contribution in [0.1, 0.15) is 34.1 Å². The highest BCUT2D eigenvalue weighted by molar-refractivity contribution is 8.46. The SMILES string of the molecule is N#Cc1ncc(/C(=C/c2ccnc(-c3cc(C(F)(F)F)cc(S(F)(F)(F)(F)F)c3)n2)C(=O)N/C(=C/n2cnc(-c3cc(C(F)(F)F)cc(S(F)(F)(F)(F)F)c3)n2)c2nnco2)cn1. The molecule has 6 rings (SSSR count). The summed E-state index contributed by atoms with van der Waals surface area (Å²) in [7, 11) is -21.5. The van der Waals surface area contributed by atoms with Gasteiger partial charge in [0.1, 0.15) is 27.9 Å². The van der Waals surface area contributed by atoms with Crippen molar-refractivity contribution in [1.29, 1.82) is 5.26 Å². The maximum absolute atomic E-state index is 14.0. The molecule has 0 aliphatic rings. The molecule has 4 heterocycles. The van der Waals surface area contributed by atoms with Crippen molar-refractivity contribution in [3.63, 3.8) is 0 Å². The number of nitrogens with zero attached hydrogens (tertiary/aromatic N) is 10. The van der Waals surface area contributed by atoms with Crippen molar-refractivity contribution >= 4 is 49.9 Å². The van der Waals surface area contributed by atoms with Gasteiger partial charge >= 0.3 is 32.8 Å². The molecule has 0 aliphatic carbocycles. The van der Waals surface area contributed by atoms with Gasteiger partial charge in [0, 0.05) is 35.3 Å². The molecule has 334 valence electrons. The van der Waals surface area contributed by atoms with Crippen LogP contribution in [0, 0.1) is 11.3 Å². The molecule has 1 amide bonds. The van der Waals surface area contributed by atoms with Crippen molar-refractivity contribution in [2.24, 2.45) is 0 Å². The number of carbonyl (C=O) groups excluding carboxylic acids is 1. The van der Waals surface area contributed by atoms with Gasteiger partial charge < -0.3 is 9.73 Å². The fourth-order valence-electron chi connectivity index (χ4n) is 5.00. The Bertz CT molecular complexity index is 2900. The number of nitrogens with one attached hydrogen (secondary N) is 1. The number of amides is 1. The quantitative estimate of drug-likeness (QED) is 0.102. The Morgan fingerprint density at radius 3 is 1.81 bits per heavy atom. The van der Waals surface area contributed by atoms with Gasteiger partial charge in [0.25, 0.3) is 11.8 Å². The Kier molecular flexibility index (Phi) is 9.88. The monoisotopic (exact) mass is 953 g/mol. The number of hydrogen-bond donors (Lipinski definition) is 1. The van der Waals surface area contributed by atoms with E-state index in [0.717, 1.165) is 36.9 Å². The van der Waals surface area contributed by atoms with Gasteiger partial charge in [-0.1, -0.05) is 38.9 Å². The Balaban J connectivity index is 1.44. The number of carbonyl (C=O) groups is 1. The van der Waals surface area contributed by atoms with Crippen LogP contribution in [0.3, 0.4) is 0 Å². The lowest BCUT2D eigenvalue weighted by Gasteiger charge is -2.41. The minimum absolute atomic E-state index is 0.0467. The van der Waals surface area contributed by atoms with Gasteiger partial charge in [-0.2, -0.15) is 31.6 Å². The molecule has 1 N–H and O–H groups in total. The van der Waals surface area contributed by atoms with Crippen molar-refractivity contribution in [3.8, 4) is 28.8 Å². The number of rotatable bonds is 10. The molecule has 0 aliphatic heterocycles. The molecule has 0 fully saturated rings. The fourth-order valence-corrected chi connectivity index (χ4v) is 6.40. The molecule has 63 heavy (non-hydrogen) atoms. The van der Waals surface area contributed by atoms with E-state index in [9.17, 15) is 70.0 Å². The molecule has 0 saturated heterocycles. The maximum atomic E-state index is 14.0. The molecule has 6 aromatic rings. The van der Waals surface area contributed by atoms with E-state index < -0.39 is 123 Å². The zero-order valence-corrected chi connectivity index (χ0v) is 31.4. The second kappa shape index (κ2) is 13.7. The third-order valence-electron chi connectivity index (χ3n) is 7.76. The van der Waals surface area contributed by atoms with Crippen LogP contribution in [0.2, 0.25) is 0 Å². The first-order chi connectivity index (χ1) is 28.6. The van der Waals surface area contributed by atoms with E-state index in [1.54, 1.807) is 6.07 Å². The number of halogens is 16. The van der Waals surface area contributed by atoms with Crippen molar-refractivity contribution in [3.05, 3.63) is 108 Å². The standard InChI is InChI=1S/C32H15F16N11O2S2/c33-31(34,35)19-3-16(5-22(7-19)62(39,40,41,42)43)27-50-2-1-21(55-27)9-24(18-11-51-26(10-49)52-12-18)29(60)56-25(30-57-54-15-61-30)13-59-14-53-28(58-59)17-4-20(32(36,37)38)8-23(6-17)63(44,45,46,47)48/h1-9,11-15H,(H,56,60)/b24-9-,25-13+. The molecule has 0 unspecified atom stereocenters. The molecule has 0 saturated carbocycles. The number of nitriles is 1. The van der Waals surface area contributed by atoms with E-state index in [2.05, 4.69) is 45.5 Å². The first-order valence-electron chi connectivity index (χ1n) is 16.0. The molecule has 4 aromatic heterocycles. The van der Waals surface area contributed by atoms with Crippen LogP contribution in [-0.4, -0.2) is 50.8 Å². The first-order valence-corrected chi connectivity index (χ1v) is 19.9. The van der Waals surface area contributed by atoms with Gasteiger partial charge in [0.2, 0.25) is 12.2 Å². The number of aromatic nitrogens is 9. The Morgan fingerprint density at radius 1 is 0.762 bits per heavy atom. The van der Waals surface area contributed by atoms with Crippen molar-refractivity contribution in [2.45, 2.75) is 22.1 Å². The molecular formula is C32H15F16N11O2S2. The van der Waals surface area contributed by atoms with Crippen LogP contribution >= 0.6 is 20.4 Å². The van der Waals surface area contributed by atoms with Crippen molar-refractivity contribution in [2.75, 3.05) is 0 Å². The lowest BCUT2D eigenvalue weighted by Crippen LogP contribution is -2.24. The summed E-state index contributed by atoms with van der Waals surface area (Å²) in [5.41, 5.74) is -8.69. The Labute approximate surface area is 338 Å². The first kappa shape index (κ1) is 45.4. The molecule has 0 radical (unpaired) electrons. The highest BCUT2D eigenvalue weighted by atomic mass is 32.5. The highest BCUT2D eigenvalue weighted by Crippen LogP contribution is 3.03. The predicted octanol–water partition coefficient (Wildman–Crippen LogP) is 11.1. The topological polar surface area (TPSA) is 174 Å². The summed E-state index contributed by atoms with van der Waals surface area (Å²) in [5.74, 6) is -4.33. The average molecular weight is 954 g/mol. The summed E-state index contributed by atoms with van der Waals surface area (Å²) in [5, 5.41) is 22.0. The lowest BCUT2D eigenvalue weighted by atomic mass is 10.1. The van der Waals surface area contributed by atoms with Crippen LogP contribution < -0.4 is 5.32 Å². The number of benzene rings is 2. The van der Waals surface area contributed by atoms with Gasteiger partial charge in [-0.05, 0) is 48.5 Å². The lowest BCUT2D eigenvalue weighted by molar-refractivity contribution is -0.138. The summed E-state index contributed by atoms with van der Waals surface area (Å²) in [6.45, 7) is 0. The summed E-state index contributed by atoms with van der Waals surface area (Å²) >= 11 is 0. The zero-order chi connectivity index (χ0) is 46.7. The molecule has 0 spiro atoms. The van der Waals surface area contributed by atoms with Gasteiger partial charge in [-0.15, -0.1) is 15.3 Å². The van der Waals surface area contributed by atoms with E-state index in [1.165, 1.54) is 0 Å². The molecule has 31 heteroatoms. The van der Waals surface area contributed by atoms with E-state index >= 15 is 0 Å². The molecular weight excluding hydrogens is 939 g/mol. The number of hydrogen-bond acceptors (Lipinski definition) is 11. The average Bonchev–Trinajstić information content (AvgIpc) is 3.88. The second-order valence-electron chi connectivity index (χ2n) is 12.5. The van der Waals surface area contributed by atoms with Crippen LogP contribution in [-0.2, 0) is 17.1 Å². The molecule has 13 nitrogen and oxygen atoms in total. The fraction of sp³-hybridized carbons (Fsp3) is 0.0625. The van der Waals surface area contributed by atoms with E-state index in [1.807, 2.05) is 0 Å². The van der Waals surface area contributed by atoms with Gasteiger partial charge in [0.15, 0.2) is 11.6 Å². The van der Waals surface area contributed by atoms with Crippen LogP contribution in [0.5, 0.6) is 0 Å². The summed E-state index contributed by atoms with van der Waals surface area (Å²) in [6.07, 6.45) is -5.76. The zero-order valence-electron chi connectivity index (χ0n) is 29.7. The maximum Gasteiger partial charge on any atom is 0.416 e. The van der Waals surface area contributed by atoms with Crippen molar-refractivity contribution in [1.82, 2.24) is 50.2 Å². The van der Waals surface area contributed by atoms with Crippen LogP contribution in [0.15, 0.2) is 88.0 Å².